The van der Waals surface area contributed by atoms with Gasteiger partial charge in [0, 0.05) is 23.6 Å². The van der Waals surface area contributed by atoms with Gasteiger partial charge in [-0.1, -0.05) is 34.8 Å². The van der Waals surface area contributed by atoms with Crippen LogP contribution in [0.25, 0.3) is 5.65 Å². The number of nitrogens with one attached hydrogen (secondary N) is 1. The van der Waals surface area contributed by atoms with Gasteiger partial charge in [0.15, 0.2) is 5.65 Å². The van der Waals surface area contributed by atoms with Gasteiger partial charge in [0.05, 0.1) is 22.0 Å². The van der Waals surface area contributed by atoms with Crippen molar-refractivity contribution in [3.05, 3.63) is 57.4 Å². The lowest BCUT2D eigenvalue weighted by Crippen LogP contribution is -2.15. The first-order valence-corrected chi connectivity index (χ1v) is 7.28. The highest BCUT2D eigenvalue weighted by Crippen LogP contribution is 2.35. The number of amides is 1. The number of nitrogens with two attached hydrogens (primary N) is 1. The lowest BCUT2D eigenvalue weighted by atomic mass is 10.2. The molecule has 0 saturated heterocycles. The number of benzene rings is 1. The minimum atomic E-state index is -0.620. The molecule has 0 bridgehead atoms. The second-order valence-electron chi connectivity index (χ2n) is 4.50. The molecule has 5 nitrogen and oxygen atoms in total. The molecule has 0 saturated carbocycles. The lowest BCUT2D eigenvalue weighted by molar-refractivity contribution is 0.100. The highest BCUT2D eigenvalue weighted by Gasteiger charge is 2.18. The third kappa shape index (κ3) is 2.59. The minimum absolute atomic E-state index is 0.224. The molecule has 3 N–H and O–H groups in total. The number of primary amides is 1. The SMILES string of the molecule is NC(=O)c1cn2ccnc2c(Cl)c1Nc1ccc(Cl)cc1Cl. The van der Waals surface area contributed by atoms with Gasteiger partial charge >= 0.3 is 0 Å². The summed E-state index contributed by atoms with van der Waals surface area (Å²) in [5, 5.41) is 4.18. The number of rotatable bonds is 3. The Bertz CT molecular complexity index is 891. The summed E-state index contributed by atoms with van der Waals surface area (Å²) in [6.45, 7) is 0. The third-order valence-corrected chi connectivity index (χ3v) is 3.98. The molecule has 22 heavy (non-hydrogen) atoms. The van der Waals surface area contributed by atoms with Crippen molar-refractivity contribution in [1.82, 2.24) is 9.38 Å². The zero-order valence-electron chi connectivity index (χ0n) is 11.0. The second kappa shape index (κ2) is 5.68. The van der Waals surface area contributed by atoms with E-state index in [2.05, 4.69) is 10.3 Å². The van der Waals surface area contributed by atoms with Crippen molar-refractivity contribution in [3.8, 4) is 0 Å². The van der Waals surface area contributed by atoms with E-state index in [0.29, 0.717) is 27.1 Å². The number of imidazole rings is 1. The monoisotopic (exact) mass is 354 g/mol. The summed E-state index contributed by atoms with van der Waals surface area (Å²) >= 11 is 18.3. The molecule has 112 valence electrons. The van der Waals surface area contributed by atoms with Crippen LogP contribution in [0.4, 0.5) is 11.4 Å². The van der Waals surface area contributed by atoms with Crippen molar-refractivity contribution in [3.63, 3.8) is 0 Å². The number of hydrogen-bond donors (Lipinski definition) is 2. The van der Waals surface area contributed by atoms with E-state index in [-0.39, 0.29) is 10.6 Å². The van der Waals surface area contributed by atoms with Crippen molar-refractivity contribution >= 4 is 57.7 Å². The Kier molecular flexibility index (Phi) is 3.87. The first-order valence-electron chi connectivity index (χ1n) is 6.14. The topological polar surface area (TPSA) is 72.4 Å². The van der Waals surface area contributed by atoms with Crippen LogP contribution in [-0.4, -0.2) is 15.3 Å². The Labute approximate surface area is 140 Å². The standard InChI is InChI=1S/C14H9Cl3N4O/c15-7-1-2-10(9(16)5-7)20-12-8(13(18)22)6-21-4-3-19-14(21)11(12)17/h1-6,20H,(H2,18,22). The summed E-state index contributed by atoms with van der Waals surface area (Å²) in [6.07, 6.45) is 4.81. The van der Waals surface area contributed by atoms with Gasteiger partial charge in [-0.2, -0.15) is 0 Å². The number of halogens is 3. The second-order valence-corrected chi connectivity index (χ2v) is 5.72. The smallest absolute Gasteiger partial charge is 0.252 e. The van der Waals surface area contributed by atoms with E-state index in [1.165, 1.54) is 0 Å². The molecule has 0 unspecified atom stereocenters. The molecule has 0 spiro atoms. The van der Waals surface area contributed by atoms with E-state index in [0.717, 1.165) is 0 Å². The Balaban J connectivity index is 2.18. The summed E-state index contributed by atoms with van der Waals surface area (Å²) in [5.41, 5.74) is 7.05. The van der Waals surface area contributed by atoms with Crippen molar-refractivity contribution in [2.45, 2.75) is 0 Å². The fraction of sp³-hybridized carbons (Fsp3) is 0. The predicted molar refractivity (Wildman–Crippen MR) is 88.5 cm³/mol. The van der Waals surface area contributed by atoms with Crippen LogP contribution >= 0.6 is 34.8 Å². The Morgan fingerprint density at radius 1 is 1.27 bits per heavy atom. The van der Waals surface area contributed by atoms with Crippen LogP contribution in [0.3, 0.4) is 0 Å². The summed E-state index contributed by atoms with van der Waals surface area (Å²) in [4.78, 5) is 15.8. The highest BCUT2D eigenvalue weighted by atomic mass is 35.5. The Hall–Kier alpha value is -1.95. The fourth-order valence-corrected chi connectivity index (χ4v) is 2.81. The molecule has 0 atom stereocenters. The van der Waals surface area contributed by atoms with Gasteiger partial charge in [-0.25, -0.2) is 4.98 Å². The van der Waals surface area contributed by atoms with Gasteiger partial charge in [-0.05, 0) is 18.2 Å². The molecule has 0 fully saturated rings. The molecule has 1 aromatic carbocycles. The molecule has 8 heteroatoms. The molecule has 3 rings (SSSR count). The number of carbonyl (C=O) groups excluding carboxylic acids is 1. The number of anilines is 2. The van der Waals surface area contributed by atoms with Crippen LogP contribution < -0.4 is 11.1 Å². The maximum atomic E-state index is 11.7. The van der Waals surface area contributed by atoms with E-state index in [1.807, 2.05) is 0 Å². The van der Waals surface area contributed by atoms with E-state index in [1.54, 1.807) is 41.2 Å². The third-order valence-electron chi connectivity index (χ3n) is 3.08. The summed E-state index contributed by atoms with van der Waals surface area (Å²) < 4.78 is 1.62. The molecule has 1 amide bonds. The molecule has 0 aliphatic carbocycles. The van der Waals surface area contributed by atoms with E-state index >= 15 is 0 Å². The predicted octanol–water partition coefficient (Wildman–Crippen LogP) is 4.14. The normalized spacial score (nSPS) is 10.9. The number of hydrogen-bond acceptors (Lipinski definition) is 3. The zero-order chi connectivity index (χ0) is 15.9. The average Bonchev–Trinajstić information content (AvgIpc) is 2.92. The lowest BCUT2D eigenvalue weighted by Gasteiger charge is -2.14. The largest absolute Gasteiger partial charge is 0.365 e. The van der Waals surface area contributed by atoms with Crippen LogP contribution in [0, 0.1) is 0 Å². The first kappa shape index (κ1) is 15.0. The fourth-order valence-electron chi connectivity index (χ4n) is 2.06. The van der Waals surface area contributed by atoms with E-state index in [9.17, 15) is 4.79 Å². The number of fused-ring (bicyclic) bond motifs is 1. The van der Waals surface area contributed by atoms with Gasteiger partial charge in [0.25, 0.3) is 5.91 Å². The quantitative estimate of drug-likeness (QED) is 0.741. The molecule has 0 radical (unpaired) electrons. The Morgan fingerprint density at radius 2 is 2.05 bits per heavy atom. The average molecular weight is 356 g/mol. The van der Waals surface area contributed by atoms with Crippen LogP contribution in [0.1, 0.15) is 10.4 Å². The van der Waals surface area contributed by atoms with Crippen molar-refractivity contribution < 1.29 is 4.79 Å². The van der Waals surface area contributed by atoms with Crippen LogP contribution in [-0.2, 0) is 0 Å². The Morgan fingerprint density at radius 3 is 2.73 bits per heavy atom. The summed E-state index contributed by atoms with van der Waals surface area (Å²) in [7, 11) is 0. The van der Waals surface area contributed by atoms with Crippen LogP contribution in [0.2, 0.25) is 15.1 Å². The number of nitrogens with zero attached hydrogens (tertiary/aromatic N) is 2. The number of pyridine rings is 1. The van der Waals surface area contributed by atoms with Crippen molar-refractivity contribution in [2.24, 2.45) is 5.73 Å². The molecule has 3 aromatic rings. The van der Waals surface area contributed by atoms with Gasteiger partial charge < -0.3 is 15.5 Å². The zero-order valence-corrected chi connectivity index (χ0v) is 13.2. The van der Waals surface area contributed by atoms with Gasteiger partial charge in [0.2, 0.25) is 0 Å². The summed E-state index contributed by atoms with van der Waals surface area (Å²) in [6, 6.07) is 4.93. The van der Waals surface area contributed by atoms with Gasteiger partial charge in [-0.15, -0.1) is 0 Å². The van der Waals surface area contributed by atoms with Crippen molar-refractivity contribution in [1.29, 1.82) is 0 Å². The number of aromatic nitrogens is 2. The molecular weight excluding hydrogens is 347 g/mol. The van der Waals surface area contributed by atoms with Crippen LogP contribution in [0.15, 0.2) is 36.8 Å². The number of carbonyl (C=O) groups is 1. The molecule has 0 aliphatic heterocycles. The maximum absolute atomic E-state index is 11.7. The summed E-state index contributed by atoms with van der Waals surface area (Å²) in [5.74, 6) is -0.620. The van der Waals surface area contributed by atoms with Crippen LogP contribution in [0.5, 0.6) is 0 Å². The molecule has 2 heterocycles. The first-order chi connectivity index (χ1) is 10.5. The van der Waals surface area contributed by atoms with Gasteiger partial charge in [-0.3, -0.25) is 4.79 Å². The molecule has 2 aromatic heterocycles. The molecule has 0 aliphatic rings. The van der Waals surface area contributed by atoms with E-state index < -0.39 is 5.91 Å². The maximum Gasteiger partial charge on any atom is 0.252 e. The van der Waals surface area contributed by atoms with Gasteiger partial charge in [0.1, 0.15) is 5.02 Å². The minimum Gasteiger partial charge on any atom is -0.365 e. The van der Waals surface area contributed by atoms with Crippen molar-refractivity contribution in [2.75, 3.05) is 5.32 Å². The molecular formula is C14H9Cl3N4O. The highest BCUT2D eigenvalue weighted by molar-refractivity contribution is 6.38. The van der Waals surface area contributed by atoms with E-state index in [4.69, 9.17) is 40.5 Å².